The third-order valence-corrected chi connectivity index (χ3v) is 5.85. The van der Waals surface area contributed by atoms with E-state index in [9.17, 15) is 5.11 Å². The van der Waals surface area contributed by atoms with E-state index in [0.717, 1.165) is 18.4 Å². The lowest BCUT2D eigenvalue weighted by Crippen LogP contribution is -1.97. The maximum absolute atomic E-state index is 10.3. The number of benzene rings is 4. The Balaban J connectivity index is 1.89. The first-order valence-corrected chi connectivity index (χ1v) is 11.0. The minimum atomic E-state index is 0.360. The summed E-state index contributed by atoms with van der Waals surface area (Å²) in [5, 5.41) is 12.8. The summed E-state index contributed by atoms with van der Waals surface area (Å²) in [6, 6.07) is 29.3. The van der Waals surface area contributed by atoms with Crippen LogP contribution in [0.5, 0.6) is 5.75 Å². The fourth-order valence-electron chi connectivity index (χ4n) is 4.26. The average Bonchev–Trinajstić information content (AvgIpc) is 2.84. The van der Waals surface area contributed by atoms with Gasteiger partial charge in [-0.25, -0.2) is 0 Å². The van der Waals surface area contributed by atoms with Crippen LogP contribution in [0.4, 0.5) is 0 Å². The lowest BCUT2D eigenvalue weighted by atomic mass is 9.88. The van der Waals surface area contributed by atoms with Crippen molar-refractivity contribution in [3.05, 3.63) is 133 Å². The smallest absolute Gasteiger partial charge is 0.118 e. The van der Waals surface area contributed by atoms with Crippen LogP contribution in [0.15, 0.2) is 116 Å². The van der Waals surface area contributed by atoms with Gasteiger partial charge in [-0.15, -0.1) is 0 Å². The first kappa shape index (κ1) is 21.4. The number of fused-ring (bicyclic) bond motifs is 1. The summed E-state index contributed by atoms with van der Waals surface area (Å²) in [5.41, 5.74) is 7.07. The fraction of sp³-hybridized carbons (Fsp3) is 0.0968. The number of aryl methyl sites for hydroxylation is 2. The van der Waals surface area contributed by atoms with Crippen LogP contribution in [0, 0.1) is 0 Å². The summed E-state index contributed by atoms with van der Waals surface area (Å²) < 4.78 is 0. The van der Waals surface area contributed by atoms with Crippen LogP contribution in [-0.2, 0) is 12.8 Å². The van der Waals surface area contributed by atoms with Crippen molar-refractivity contribution < 1.29 is 5.11 Å². The van der Waals surface area contributed by atoms with Gasteiger partial charge in [0.05, 0.1) is 0 Å². The molecule has 0 fully saturated rings. The van der Waals surface area contributed by atoms with Crippen LogP contribution in [-0.4, -0.2) is 5.11 Å². The molecule has 0 radical (unpaired) electrons. The van der Waals surface area contributed by atoms with Gasteiger partial charge in [-0.2, -0.15) is 0 Å². The van der Waals surface area contributed by atoms with Crippen molar-refractivity contribution in [2.45, 2.75) is 19.8 Å². The third-order valence-electron chi connectivity index (χ3n) is 5.85. The molecule has 4 aromatic rings. The zero-order valence-corrected chi connectivity index (χ0v) is 18.5. The van der Waals surface area contributed by atoms with E-state index >= 15 is 0 Å². The Morgan fingerprint density at radius 3 is 2.34 bits per heavy atom. The second kappa shape index (κ2) is 9.98. The zero-order valence-electron chi connectivity index (χ0n) is 18.5. The van der Waals surface area contributed by atoms with Gasteiger partial charge in [0.15, 0.2) is 0 Å². The maximum atomic E-state index is 10.3. The molecule has 0 aromatic heterocycles. The Bertz CT molecular complexity index is 1290. The van der Waals surface area contributed by atoms with Gasteiger partial charge in [0, 0.05) is 0 Å². The number of hydrogen-bond donors (Lipinski definition) is 1. The highest BCUT2D eigenvalue weighted by atomic mass is 16.3. The molecule has 0 saturated heterocycles. The van der Waals surface area contributed by atoms with Gasteiger partial charge in [0.1, 0.15) is 5.75 Å². The molecule has 4 aromatic carbocycles. The summed E-state index contributed by atoms with van der Waals surface area (Å²) in [6.45, 7) is 5.87. The van der Waals surface area contributed by atoms with Gasteiger partial charge < -0.3 is 5.11 Å². The van der Waals surface area contributed by atoms with Gasteiger partial charge in [0.25, 0.3) is 0 Å². The SMILES string of the molecule is C=CC=CC(=CC)c1cc(CCc2ccccc2O)c2c(-c3ccccc3)cccc2c1. The molecular weight excluding hydrogens is 388 g/mol. The lowest BCUT2D eigenvalue weighted by Gasteiger charge is -2.16. The number of hydrogen-bond acceptors (Lipinski definition) is 1. The van der Waals surface area contributed by atoms with Crippen molar-refractivity contribution in [1.29, 1.82) is 0 Å². The van der Waals surface area contributed by atoms with E-state index in [-0.39, 0.29) is 0 Å². The van der Waals surface area contributed by atoms with Crippen molar-refractivity contribution in [1.82, 2.24) is 0 Å². The molecule has 0 spiro atoms. The molecule has 4 rings (SSSR count). The lowest BCUT2D eigenvalue weighted by molar-refractivity contribution is 0.468. The Kier molecular flexibility index (Phi) is 6.67. The summed E-state index contributed by atoms with van der Waals surface area (Å²) in [5.74, 6) is 0.360. The molecule has 1 nitrogen and oxygen atoms in total. The normalized spacial score (nSPS) is 11.8. The Morgan fingerprint density at radius 1 is 0.844 bits per heavy atom. The predicted octanol–water partition coefficient (Wildman–Crippen LogP) is 8.14. The van der Waals surface area contributed by atoms with Gasteiger partial charge >= 0.3 is 0 Å². The predicted molar refractivity (Wildman–Crippen MR) is 138 cm³/mol. The molecule has 0 aliphatic rings. The van der Waals surface area contributed by atoms with Gasteiger partial charge in [0.2, 0.25) is 0 Å². The van der Waals surface area contributed by atoms with Crippen LogP contribution in [0.25, 0.3) is 27.5 Å². The van der Waals surface area contributed by atoms with Crippen LogP contribution in [0.3, 0.4) is 0 Å². The third kappa shape index (κ3) is 4.58. The summed E-state index contributed by atoms with van der Waals surface area (Å²) in [7, 11) is 0. The van der Waals surface area contributed by atoms with Gasteiger partial charge in [-0.3, -0.25) is 0 Å². The molecule has 0 aliphatic carbocycles. The molecule has 1 heteroatoms. The molecule has 0 amide bonds. The Morgan fingerprint density at radius 2 is 1.59 bits per heavy atom. The molecule has 158 valence electrons. The van der Waals surface area contributed by atoms with E-state index in [0.29, 0.717) is 5.75 Å². The van der Waals surface area contributed by atoms with Crippen molar-refractivity contribution in [3.63, 3.8) is 0 Å². The van der Waals surface area contributed by atoms with E-state index in [1.807, 2.05) is 24.3 Å². The minimum absolute atomic E-state index is 0.360. The molecule has 0 atom stereocenters. The number of aromatic hydroxyl groups is 1. The number of phenolic OH excluding ortho intramolecular Hbond substituents is 1. The Labute approximate surface area is 190 Å². The van der Waals surface area contributed by atoms with Crippen LogP contribution in [0.1, 0.15) is 23.6 Å². The summed E-state index contributed by atoms with van der Waals surface area (Å²) >= 11 is 0. The van der Waals surface area contributed by atoms with Gasteiger partial charge in [-0.1, -0.05) is 104 Å². The van der Waals surface area contributed by atoms with Crippen LogP contribution >= 0.6 is 0 Å². The van der Waals surface area contributed by atoms with E-state index in [2.05, 4.69) is 86.3 Å². The zero-order chi connectivity index (χ0) is 22.3. The first-order chi connectivity index (χ1) is 15.7. The standard InChI is InChI=1S/C31H28O/c1-3-5-12-23(4-2)28-21-26-16-11-17-29(24-13-7-6-8-14-24)31(26)27(22-28)20-19-25-15-9-10-18-30(25)32/h3-18,21-22,32H,1,19-20H2,2H3. The first-order valence-electron chi connectivity index (χ1n) is 11.0. The van der Waals surface area contributed by atoms with Crippen molar-refractivity contribution in [2.75, 3.05) is 0 Å². The van der Waals surface area contributed by atoms with Crippen LogP contribution < -0.4 is 0 Å². The summed E-state index contributed by atoms with van der Waals surface area (Å²) in [6.07, 6.45) is 9.63. The number of para-hydroxylation sites is 1. The number of rotatable bonds is 7. The molecule has 0 bridgehead atoms. The van der Waals surface area contributed by atoms with E-state index < -0.39 is 0 Å². The maximum Gasteiger partial charge on any atom is 0.118 e. The molecular formula is C31H28O. The number of phenols is 1. The quantitative estimate of drug-likeness (QED) is 0.301. The molecule has 0 heterocycles. The highest BCUT2D eigenvalue weighted by Crippen LogP contribution is 2.35. The molecule has 1 N–H and O–H groups in total. The fourth-order valence-corrected chi connectivity index (χ4v) is 4.26. The molecule has 0 saturated carbocycles. The molecule has 0 unspecified atom stereocenters. The Hall–Kier alpha value is -3.84. The average molecular weight is 417 g/mol. The minimum Gasteiger partial charge on any atom is -0.508 e. The second-order valence-electron chi connectivity index (χ2n) is 7.87. The van der Waals surface area contributed by atoms with Crippen LogP contribution in [0.2, 0.25) is 0 Å². The van der Waals surface area contributed by atoms with E-state index in [1.54, 1.807) is 12.1 Å². The van der Waals surface area contributed by atoms with Gasteiger partial charge in [-0.05, 0) is 76.1 Å². The highest BCUT2D eigenvalue weighted by molar-refractivity contribution is 6.01. The topological polar surface area (TPSA) is 20.2 Å². The van der Waals surface area contributed by atoms with E-state index in [1.165, 1.54) is 38.6 Å². The highest BCUT2D eigenvalue weighted by Gasteiger charge is 2.12. The molecule has 0 aliphatic heterocycles. The summed E-state index contributed by atoms with van der Waals surface area (Å²) in [4.78, 5) is 0. The second-order valence-corrected chi connectivity index (χ2v) is 7.87. The van der Waals surface area contributed by atoms with Crippen molar-refractivity contribution >= 4 is 16.3 Å². The van der Waals surface area contributed by atoms with Crippen molar-refractivity contribution in [2.24, 2.45) is 0 Å². The van der Waals surface area contributed by atoms with Crippen molar-refractivity contribution in [3.8, 4) is 16.9 Å². The monoisotopic (exact) mass is 416 g/mol. The largest absolute Gasteiger partial charge is 0.508 e. The molecule has 32 heavy (non-hydrogen) atoms. The van der Waals surface area contributed by atoms with E-state index in [4.69, 9.17) is 0 Å². The number of allylic oxidation sites excluding steroid dienone is 5.